The number of methoxy groups -OCH3 is 2. The van der Waals surface area contributed by atoms with Gasteiger partial charge in [0.25, 0.3) is 0 Å². The average Bonchev–Trinajstić information content (AvgIpc) is 2.73. The van der Waals surface area contributed by atoms with Crippen LogP contribution in [0.4, 0.5) is 0 Å². The molecule has 0 aromatic rings. The Morgan fingerprint density at radius 1 is 1.27 bits per heavy atom. The molecule has 1 aliphatic heterocycles. The van der Waals surface area contributed by atoms with Gasteiger partial charge in [0.1, 0.15) is 6.04 Å². The first kappa shape index (κ1) is 12.0. The first-order chi connectivity index (χ1) is 7.17. The van der Waals surface area contributed by atoms with Crippen LogP contribution in [0, 0.1) is 0 Å². The third-order valence-electron chi connectivity index (χ3n) is 2.65. The quantitative estimate of drug-likeness (QED) is 0.680. The van der Waals surface area contributed by atoms with Crippen LogP contribution in [0.1, 0.15) is 25.7 Å². The highest BCUT2D eigenvalue weighted by atomic mass is 16.5. The van der Waals surface area contributed by atoms with E-state index in [-0.39, 0.29) is 24.0 Å². The maximum Gasteiger partial charge on any atom is 0.322 e. The Labute approximate surface area is 89.1 Å². The highest BCUT2D eigenvalue weighted by Crippen LogP contribution is 2.17. The van der Waals surface area contributed by atoms with Gasteiger partial charge in [0.15, 0.2) is 0 Å². The summed E-state index contributed by atoms with van der Waals surface area (Å²) < 4.78 is 9.18. The standard InChI is InChI=1S/C10H17NO4/c1-14-9(12)6-4-7-3-5-8(11-7)10(13)15-2/h7-8,11H,3-6H2,1-2H3/t7-,8+/m0/s1. The molecule has 1 aliphatic rings. The summed E-state index contributed by atoms with van der Waals surface area (Å²) in [4.78, 5) is 22.1. The number of hydrogen-bond acceptors (Lipinski definition) is 5. The second kappa shape index (κ2) is 5.70. The van der Waals surface area contributed by atoms with Gasteiger partial charge in [0.05, 0.1) is 14.2 Å². The molecular weight excluding hydrogens is 198 g/mol. The largest absolute Gasteiger partial charge is 0.469 e. The van der Waals surface area contributed by atoms with Gasteiger partial charge in [-0.3, -0.25) is 9.59 Å². The van der Waals surface area contributed by atoms with Crippen LogP contribution in [0.5, 0.6) is 0 Å². The molecular formula is C10H17NO4. The minimum atomic E-state index is -0.226. The highest BCUT2D eigenvalue weighted by molar-refractivity contribution is 5.76. The van der Waals surface area contributed by atoms with Crippen molar-refractivity contribution >= 4 is 11.9 Å². The zero-order chi connectivity index (χ0) is 11.3. The Morgan fingerprint density at radius 3 is 2.60 bits per heavy atom. The molecule has 1 fully saturated rings. The fourth-order valence-corrected chi connectivity index (χ4v) is 1.77. The van der Waals surface area contributed by atoms with Crippen LogP contribution in [0.3, 0.4) is 0 Å². The summed E-state index contributed by atoms with van der Waals surface area (Å²) in [6, 6.07) is 0.00541. The van der Waals surface area contributed by atoms with Gasteiger partial charge in [0, 0.05) is 12.5 Å². The van der Waals surface area contributed by atoms with Crippen molar-refractivity contribution in [2.75, 3.05) is 14.2 Å². The van der Waals surface area contributed by atoms with Crippen LogP contribution in [-0.2, 0) is 19.1 Å². The predicted octanol–water partition coefficient (Wildman–Crippen LogP) is 0.233. The molecule has 1 heterocycles. The summed E-state index contributed by atoms with van der Waals surface area (Å²) in [5.74, 6) is -0.436. The van der Waals surface area contributed by atoms with Gasteiger partial charge in [-0.05, 0) is 19.3 Å². The number of ether oxygens (including phenoxy) is 2. The fourth-order valence-electron chi connectivity index (χ4n) is 1.77. The molecule has 0 amide bonds. The summed E-state index contributed by atoms with van der Waals surface area (Å²) in [6.07, 6.45) is 2.78. The molecule has 1 saturated heterocycles. The first-order valence-electron chi connectivity index (χ1n) is 5.08. The Bertz CT molecular complexity index is 242. The third-order valence-corrected chi connectivity index (χ3v) is 2.65. The lowest BCUT2D eigenvalue weighted by Gasteiger charge is -2.11. The Kier molecular flexibility index (Phi) is 4.55. The van der Waals surface area contributed by atoms with Gasteiger partial charge in [-0.25, -0.2) is 0 Å². The number of esters is 2. The minimum absolute atomic E-state index is 0.210. The summed E-state index contributed by atoms with van der Waals surface area (Å²) in [7, 11) is 2.76. The molecule has 0 bridgehead atoms. The SMILES string of the molecule is COC(=O)CC[C@@H]1CC[C@H](C(=O)OC)N1. The molecule has 0 aliphatic carbocycles. The first-order valence-corrected chi connectivity index (χ1v) is 5.08. The van der Waals surface area contributed by atoms with Crippen LogP contribution in [0.15, 0.2) is 0 Å². The molecule has 86 valence electrons. The van der Waals surface area contributed by atoms with Crippen molar-refractivity contribution < 1.29 is 19.1 Å². The van der Waals surface area contributed by atoms with Crippen LogP contribution in [0.25, 0.3) is 0 Å². The van der Waals surface area contributed by atoms with Gasteiger partial charge < -0.3 is 14.8 Å². The summed E-state index contributed by atoms with van der Waals surface area (Å²) >= 11 is 0. The monoisotopic (exact) mass is 215 g/mol. The van der Waals surface area contributed by atoms with Crippen molar-refractivity contribution in [3.05, 3.63) is 0 Å². The maximum absolute atomic E-state index is 11.2. The molecule has 0 saturated carbocycles. The van der Waals surface area contributed by atoms with Crippen molar-refractivity contribution in [1.29, 1.82) is 0 Å². The second-order valence-corrected chi connectivity index (χ2v) is 3.63. The van der Waals surface area contributed by atoms with E-state index in [1.165, 1.54) is 14.2 Å². The van der Waals surface area contributed by atoms with Gasteiger partial charge in [-0.2, -0.15) is 0 Å². The normalized spacial score (nSPS) is 24.9. The number of carbonyl (C=O) groups excluding carboxylic acids is 2. The van der Waals surface area contributed by atoms with Crippen LogP contribution in [0.2, 0.25) is 0 Å². The van der Waals surface area contributed by atoms with Crippen LogP contribution < -0.4 is 5.32 Å². The van der Waals surface area contributed by atoms with E-state index < -0.39 is 0 Å². The second-order valence-electron chi connectivity index (χ2n) is 3.63. The van der Waals surface area contributed by atoms with Crippen molar-refractivity contribution in [1.82, 2.24) is 5.32 Å². The van der Waals surface area contributed by atoms with Gasteiger partial charge in [-0.15, -0.1) is 0 Å². The number of carbonyl (C=O) groups is 2. The molecule has 1 rings (SSSR count). The third kappa shape index (κ3) is 3.51. The molecule has 0 radical (unpaired) electrons. The Hall–Kier alpha value is -1.10. The van der Waals surface area contributed by atoms with Crippen molar-refractivity contribution in [2.24, 2.45) is 0 Å². The smallest absolute Gasteiger partial charge is 0.322 e. The molecule has 5 nitrogen and oxygen atoms in total. The Balaban J connectivity index is 2.24. The van der Waals surface area contributed by atoms with E-state index in [1.807, 2.05) is 0 Å². The predicted molar refractivity (Wildman–Crippen MR) is 53.2 cm³/mol. The van der Waals surface area contributed by atoms with Crippen molar-refractivity contribution in [2.45, 2.75) is 37.8 Å². The minimum Gasteiger partial charge on any atom is -0.469 e. The number of rotatable bonds is 4. The maximum atomic E-state index is 11.2. The molecule has 1 N–H and O–H groups in total. The fraction of sp³-hybridized carbons (Fsp3) is 0.800. The van der Waals surface area contributed by atoms with E-state index in [0.717, 1.165) is 12.8 Å². The zero-order valence-electron chi connectivity index (χ0n) is 9.12. The molecule has 5 heteroatoms. The van der Waals surface area contributed by atoms with Crippen molar-refractivity contribution in [3.63, 3.8) is 0 Å². The summed E-state index contributed by atoms with van der Waals surface area (Å²) in [6.45, 7) is 0. The van der Waals surface area contributed by atoms with Crippen molar-refractivity contribution in [3.8, 4) is 0 Å². The lowest BCUT2D eigenvalue weighted by atomic mass is 10.1. The van der Waals surface area contributed by atoms with Gasteiger partial charge in [0.2, 0.25) is 0 Å². The highest BCUT2D eigenvalue weighted by Gasteiger charge is 2.29. The van der Waals surface area contributed by atoms with E-state index in [9.17, 15) is 9.59 Å². The molecule has 2 atom stereocenters. The van der Waals surface area contributed by atoms with Crippen LogP contribution >= 0.6 is 0 Å². The van der Waals surface area contributed by atoms with E-state index in [0.29, 0.717) is 12.8 Å². The Morgan fingerprint density at radius 2 is 2.00 bits per heavy atom. The van der Waals surface area contributed by atoms with E-state index in [2.05, 4.69) is 14.8 Å². The van der Waals surface area contributed by atoms with E-state index in [1.54, 1.807) is 0 Å². The molecule has 15 heavy (non-hydrogen) atoms. The van der Waals surface area contributed by atoms with Gasteiger partial charge in [-0.1, -0.05) is 0 Å². The lowest BCUT2D eigenvalue weighted by Crippen LogP contribution is -2.36. The number of nitrogens with one attached hydrogen (secondary N) is 1. The summed E-state index contributed by atoms with van der Waals surface area (Å²) in [5.41, 5.74) is 0. The number of hydrogen-bond donors (Lipinski definition) is 1. The lowest BCUT2D eigenvalue weighted by molar-refractivity contribution is -0.142. The molecule has 0 unspecified atom stereocenters. The summed E-state index contributed by atoms with van der Waals surface area (Å²) in [5, 5.41) is 3.14. The average molecular weight is 215 g/mol. The zero-order valence-corrected chi connectivity index (χ0v) is 9.12. The van der Waals surface area contributed by atoms with Gasteiger partial charge >= 0.3 is 11.9 Å². The molecule has 0 aromatic heterocycles. The van der Waals surface area contributed by atoms with Crippen LogP contribution in [-0.4, -0.2) is 38.2 Å². The van der Waals surface area contributed by atoms with E-state index >= 15 is 0 Å². The molecule has 0 aromatic carbocycles. The molecule has 0 spiro atoms. The topological polar surface area (TPSA) is 64.6 Å². The van der Waals surface area contributed by atoms with E-state index in [4.69, 9.17) is 0 Å².